The third kappa shape index (κ3) is 12.5. The predicted octanol–water partition coefficient (Wildman–Crippen LogP) is 14.0. The topological polar surface area (TPSA) is 137 Å². The van der Waals surface area contributed by atoms with Gasteiger partial charge in [-0.2, -0.15) is 26.3 Å². The number of halogens is 8. The Bertz CT molecular complexity index is 3410. The van der Waals surface area contributed by atoms with Crippen LogP contribution in [0.25, 0.3) is 38.3 Å². The van der Waals surface area contributed by atoms with Crippen LogP contribution in [-0.2, 0) is 0 Å². The number of ketones is 1. The first-order chi connectivity index (χ1) is 34.7. The number of nitrogens with one attached hydrogen (secondary N) is 2. The maximum atomic E-state index is 13.7. The molecule has 0 spiro atoms. The van der Waals surface area contributed by atoms with Crippen LogP contribution in [0.1, 0.15) is 63.9 Å². The van der Waals surface area contributed by atoms with E-state index < -0.39 is 48.3 Å². The number of benzene rings is 6. The number of aryl methyl sites for hydroxylation is 2. The average Bonchev–Trinajstić information content (AvgIpc) is 3.73. The Hall–Kier alpha value is -8.47. The number of carboxylic acid groups (broad SMARTS) is 1. The SMILES string of the molecule is Cc1cc(-n2cnc3c(NCCC(F)(F)F)cc(Oc4cccc(F)c4)cc32)ccc1C(=O)O.[C-]#[N+]C1(CC(=O)c2ccc(-n3cnc4c(NCCC(F)(F)F)cc(Oc5cccc(F)c5)cc43)cc2C)CC1. The average molecular weight is 1010 g/mol. The third-order valence-electron chi connectivity index (χ3n) is 11.8. The molecule has 0 bridgehead atoms. The summed E-state index contributed by atoms with van der Waals surface area (Å²) in [4.78, 5) is 36.6. The monoisotopic (exact) mass is 1010 g/mol. The van der Waals surface area contributed by atoms with E-state index in [1.807, 2.05) is 13.0 Å². The van der Waals surface area contributed by atoms with Crippen LogP contribution in [0.3, 0.4) is 0 Å². The molecule has 0 radical (unpaired) electrons. The lowest BCUT2D eigenvalue weighted by Gasteiger charge is -2.14. The standard InChI is InChI=1S/C29H24F4N4O2.C24H19F4N3O3/c1-18-12-20(6-7-23(18)26(38)16-28(34-2)8-9-28)37-17-36-27-24(35-11-10-29(31,32)33)14-22(15-25(27)37)39-21-5-3-4-19(30)13-21;1-14-9-16(5-6-19(14)23(32)33)31-13-30-22-20(29-8-7-24(26,27)28)11-18(12-21(22)31)34-17-4-2-3-15(25)10-17/h3-7,12-15,17,35H,8-11,16H2,1H3;2-6,9-13,29H,7-8H2,1H3,(H,32,33). The minimum absolute atomic E-state index is 0.0787. The van der Waals surface area contributed by atoms with E-state index in [0.717, 1.165) is 18.4 Å². The van der Waals surface area contributed by atoms with Crippen molar-refractivity contribution in [3.63, 3.8) is 0 Å². The van der Waals surface area contributed by atoms with Crippen molar-refractivity contribution in [1.82, 2.24) is 19.1 Å². The molecular weight excluding hydrogens is 967 g/mol. The summed E-state index contributed by atoms with van der Waals surface area (Å²) in [6.45, 7) is 10.1. The molecule has 0 saturated heterocycles. The number of Topliss-reactive ketones (excluding diaryl/α,β-unsaturated/α-hetero) is 1. The van der Waals surface area contributed by atoms with Crippen LogP contribution in [0.4, 0.5) is 46.5 Å². The number of nitrogens with zero attached hydrogens (tertiary/aromatic N) is 5. The second-order valence-electron chi connectivity index (χ2n) is 17.3. The Balaban J connectivity index is 0.000000197. The largest absolute Gasteiger partial charge is 0.478 e. The van der Waals surface area contributed by atoms with Crippen LogP contribution in [0.5, 0.6) is 23.0 Å². The summed E-state index contributed by atoms with van der Waals surface area (Å²) < 4.78 is 119. The highest BCUT2D eigenvalue weighted by Crippen LogP contribution is 2.44. The van der Waals surface area contributed by atoms with Crippen LogP contribution in [0, 0.1) is 32.1 Å². The molecule has 376 valence electrons. The number of hydrogen-bond donors (Lipinski definition) is 3. The normalized spacial score (nSPS) is 12.9. The van der Waals surface area contributed by atoms with E-state index in [9.17, 15) is 49.8 Å². The number of carbonyl (C=O) groups excluding carboxylic acids is 1. The summed E-state index contributed by atoms with van der Waals surface area (Å²) in [7, 11) is 0. The Morgan fingerprint density at radius 3 is 1.49 bits per heavy atom. The lowest BCUT2D eigenvalue weighted by atomic mass is 9.98. The van der Waals surface area contributed by atoms with Gasteiger partial charge in [-0.3, -0.25) is 13.9 Å². The van der Waals surface area contributed by atoms with Crippen LogP contribution in [0.15, 0.2) is 122 Å². The number of rotatable bonds is 16. The molecule has 2 heterocycles. The lowest BCUT2D eigenvalue weighted by molar-refractivity contribution is -0.132. The molecule has 9 rings (SSSR count). The Labute approximate surface area is 411 Å². The molecule has 1 saturated carbocycles. The number of aromatic nitrogens is 4. The van der Waals surface area contributed by atoms with Gasteiger partial charge in [-0.25, -0.2) is 30.1 Å². The van der Waals surface area contributed by atoms with Gasteiger partial charge < -0.3 is 30.1 Å². The van der Waals surface area contributed by atoms with Crippen LogP contribution < -0.4 is 20.1 Å². The zero-order valence-electron chi connectivity index (χ0n) is 38.8. The molecule has 0 atom stereocenters. The van der Waals surface area contributed by atoms with Gasteiger partial charge in [0.15, 0.2) is 5.78 Å². The van der Waals surface area contributed by atoms with Crippen molar-refractivity contribution in [2.45, 2.75) is 63.8 Å². The Morgan fingerprint density at radius 1 is 0.658 bits per heavy atom. The number of aromatic carboxylic acids is 1. The van der Waals surface area contributed by atoms with Crippen molar-refractivity contribution in [2.75, 3.05) is 23.7 Å². The van der Waals surface area contributed by atoms with E-state index in [2.05, 4.69) is 25.4 Å². The molecule has 20 heteroatoms. The first-order valence-electron chi connectivity index (χ1n) is 22.5. The van der Waals surface area contributed by atoms with Gasteiger partial charge in [-0.05, 0) is 85.6 Å². The highest BCUT2D eigenvalue weighted by molar-refractivity contribution is 5.99. The molecule has 12 nitrogen and oxygen atoms in total. The summed E-state index contributed by atoms with van der Waals surface area (Å²) in [5.74, 6) is -1.14. The van der Waals surface area contributed by atoms with Crippen molar-refractivity contribution in [1.29, 1.82) is 0 Å². The van der Waals surface area contributed by atoms with E-state index in [-0.39, 0.29) is 53.9 Å². The molecule has 6 aromatic carbocycles. The van der Waals surface area contributed by atoms with Crippen molar-refractivity contribution in [2.24, 2.45) is 0 Å². The van der Waals surface area contributed by atoms with Crippen molar-refractivity contribution in [3.8, 4) is 34.4 Å². The number of imidazole rings is 2. The summed E-state index contributed by atoms with van der Waals surface area (Å²) in [5.41, 5.74) is 5.20. The molecule has 1 fully saturated rings. The molecule has 73 heavy (non-hydrogen) atoms. The number of hydrogen-bond acceptors (Lipinski definition) is 8. The summed E-state index contributed by atoms with van der Waals surface area (Å²) >= 11 is 0. The summed E-state index contributed by atoms with van der Waals surface area (Å²) in [6, 6.07) is 27.4. The van der Waals surface area contributed by atoms with E-state index in [1.54, 1.807) is 70.9 Å². The maximum Gasteiger partial charge on any atom is 0.390 e. The lowest BCUT2D eigenvalue weighted by Crippen LogP contribution is -2.14. The van der Waals surface area contributed by atoms with Gasteiger partial charge in [-0.1, -0.05) is 12.1 Å². The van der Waals surface area contributed by atoms with Crippen LogP contribution in [-0.4, -0.2) is 66.9 Å². The summed E-state index contributed by atoms with van der Waals surface area (Å²) in [6.07, 6.45) is -6.04. The van der Waals surface area contributed by atoms with E-state index in [1.165, 1.54) is 60.9 Å². The maximum absolute atomic E-state index is 13.7. The fourth-order valence-corrected chi connectivity index (χ4v) is 8.01. The van der Waals surface area contributed by atoms with E-state index in [4.69, 9.17) is 16.0 Å². The second-order valence-corrected chi connectivity index (χ2v) is 17.3. The zero-order valence-corrected chi connectivity index (χ0v) is 38.8. The van der Waals surface area contributed by atoms with Gasteiger partial charge in [0, 0.05) is 79.3 Å². The minimum atomic E-state index is -4.33. The molecule has 1 aliphatic rings. The van der Waals surface area contributed by atoms with E-state index >= 15 is 0 Å². The van der Waals surface area contributed by atoms with Gasteiger partial charge in [0.05, 0.1) is 47.2 Å². The van der Waals surface area contributed by atoms with Crippen LogP contribution >= 0.6 is 0 Å². The predicted molar refractivity (Wildman–Crippen MR) is 257 cm³/mol. The zero-order chi connectivity index (χ0) is 52.2. The van der Waals surface area contributed by atoms with Gasteiger partial charge in [-0.15, -0.1) is 0 Å². The van der Waals surface area contributed by atoms with Gasteiger partial charge in [0.1, 0.15) is 58.3 Å². The van der Waals surface area contributed by atoms with Gasteiger partial charge >= 0.3 is 18.3 Å². The van der Waals surface area contributed by atoms with E-state index in [0.29, 0.717) is 55.9 Å². The number of ether oxygens (including phenoxy) is 2. The fourth-order valence-electron chi connectivity index (χ4n) is 8.01. The number of carbonyl (C=O) groups is 2. The van der Waals surface area contributed by atoms with Crippen molar-refractivity contribution < 1.29 is 59.3 Å². The smallest absolute Gasteiger partial charge is 0.390 e. The van der Waals surface area contributed by atoms with Crippen molar-refractivity contribution >= 4 is 45.2 Å². The molecular formula is C53H43F8N7O5. The van der Waals surface area contributed by atoms with Crippen LogP contribution in [0.2, 0.25) is 0 Å². The number of carboxylic acids is 1. The Morgan fingerprint density at radius 2 is 1.11 bits per heavy atom. The Kier molecular flexibility index (Phi) is 14.4. The molecule has 0 aliphatic heterocycles. The molecule has 1 aliphatic carbocycles. The second kappa shape index (κ2) is 20.7. The highest BCUT2D eigenvalue weighted by atomic mass is 19.4. The number of alkyl halides is 6. The summed E-state index contributed by atoms with van der Waals surface area (Å²) in [5, 5.41) is 14.8. The molecule has 3 N–H and O–H groups in total. The van der Waals surface area contributed by atoms with Gasteiger partial charge in [0.2, 0.25) is 5.54 Å². The minimum Gasteiger partial charge on any atom is -0.478 e. The fraction of sp³-hybridized carbons (Fsp3) is 0.226. The first kappa shape index (κ1) is 50.9. The van der Waals surface area contributed by atoms with Crippen molar-refractivity contribution in [3.05, 3.63) is 167 Å². The first-order valence-corrected chi connectivity index (χ1v) is 22.5. The molecule has 0 amide bonds. The quantitative estimate of drug-likeness (QED) is 0.0491. The van der Waals surface area contributed by atoms with Gasteiger partial charge in [0.25, 0.3) is 0 Å². The highest BCUT2D eigenvalue weighted by Gasteiger charge is 2.52. The molecule has 8 aromatic rings. The molecule has 0 unspecified atom stereocenters. The molecule has 2 aromatic heterocycles. The number of anilines is 2. The third-order valence-corrected chi connectivity index (χ3v) is 11.8. The number of fused-ring (bicyclic) bond motifs is 2.